The lowest BCUT2D eigenvalue weighted by Gasteiger charge is -2.25. The first-order chi connectivity index (χ1) is 12.2. The third-order valence-corrected chi connectivity index (χ3v) is 4.88. The van der Waals surface area contributed by atoms with E-state index in [9.17, 15) is 9.18 Å². The molecule has 3 nitrogen and oxygen atoms in total. The fourth-order valence-electron chi connectivity index (χ4n) is 3.41. The average molecular weight is 341 g/mol. The zero-order valence-electron chi connectivity index (χ0n) is 14.6. The van der Waals surface area contributed by atoms with Crippen LogP contribution in [0.2, 0.25) is 0 Å². The van der Waals surface area contributed by atoms with Gasteiger partial charge >= 0.3 is 0 Å². The fraction of sp³-hybridized carbons (Fsp3) is 0.381. The predicted molar refractivity (Wildman–Crippen MR) is 96.3 cm³/mol. The second kappa shape index (κ2) is 8.15. The van der Waals surface area contributed by atoms with E-state index < -0.39 is 0 Å². The molecule has 3 rings (SSSR count). The summed E-state index contributed by atoms with van der Waals surface area (Å²) in [6, 6.07) is 14.3. The van der Waals surface area contributed by atoms with Crippen LogP contribution in [0, 0.1) is 5.82 Å². The molecule has 0 aromatic heterocycles. The summed E-state index contributed by atoms with van der Waals surface area (Å²) in [4.78, 5) is 14.7. The van der Waals surface area contributed by atoms with Gasteiger partial charge in [0.05, 0.1) is 13.5 Å². The zero-order valence-corrected chi connectivity index (χ0v) is 14.6. The molecular weight excluding hydrogens is 317 g/mol. The number of hydrogen-bond donors (Lipinski definition) is 0. The lowest BCUT2D eigenvalue weighted by molar-refractivity contribution is -0.130. The molecule has 1 amide bonds. The van der Waals surface area contributed by atoms with E-state index in [2.05, 4.69) is 12.1 Å². The Morgan fingerprint density at radius 2 is 1.84 bits per heavy atom. The van der Waals surface area contributed by atoms with Crippen molar-refractivity contribution >= 4 is 5.91 Å². The maximum absolute atomic E-state index is 13.0. The first-order valence-corrected chi connectivity index (χ1v) is 8.82. The summed E-state index contributed by atoms with van der Waals surface area (Å²) in [5.74, 6) is 1.05. The minimum Gasteiger partial charge on any atom is -0.497 e. The average Bonchev–Trinajstić information content (AvgIpc) is 2.90. The molecule has 0 radical (unpaired) electrons. The van der Waals surface area contributed by atoms with Gasteiger partial charge in [0.2, 0.25) is 5.91 Å². The first-order valence-electron chi connectivity index (χ1n) is 8.82. The summed E-state index contributed by atoms with van der Waals surface area (Å²) in [7, 11) is 1.66. The number of ether oxygens (including phenoxy) is 1. The van der Waals surface area contributed by atoms with Crippen LogP contribution in [0.3, 0.4) is 0 Å². The van der Waals surface area contributed by atoms with Gasteiger partial charge in [0.15, 0.2) is 0 Å². The number of benzene rings is 2. The van der Waals surface area contributed by atoms with Crippen LogP contribution in [0.5, 0.6) is 5.75 Å². The van der Waals surface area contributed by atoms with E-state index in [1.807, 2.05) is 17.0 Å². The molecule has 2 aromatic carbocycles. The molecule has 1 unspecified atom stereocenters. The van der Waals surface area contributed by atoms with E-state index >= 15 is 0 Å². The Kier molecular flexibility index (Phi) is 5.69. The van der Waals surface area contributed by atoms with Crippen molar-refractivity contribution in [3.63, 3.8) is 0 Å². The van der Waals surface area contributed by atoms with E-state index in [1.165, 1.54) is 17.7 Å². The third kappa shape index (κ3) is 4.59. The highest BCUT2D eigenvalue weighted by Crippen LogP contribution is 2.28. The number of likely N-dealkylation sites (tertiary alicyclic amines) is 1. The molecule has 0 N–H and O–H groups in total. The summed E-state index contributed by atoms with van der Waals surface area (Å²) in [5.41, 5.74) is 2.11. The van der Waals surface area contributed by atoms with Gasteiger partial charge in [0.1, 0.15) is 11.6 Å². The standard InChI is InChI=1S/C21H24FNO2/c1-25-20-11-7-17(8-12-20)18-4-2-3-13-23(15-18)21(24)14-16-5-9-19(22)10-6-16/h5-12,18H,2-4,13-15H2,1H3. The fourth-order valence-corrected chi connectivity index (χ4v) is 3.41. The molecule has 0 aliphatic carbocycles. The second-order valence-corrected chi connectivity index (χ2v) is 6.61. The largest absolute Gasteiger partial charge is 0.497 e. The smallest absolute Gasteiger partial charge is 0.227 e. The van der Waals surface area contributed by atoms with Crippen molar-refractivity contribution in [1.82, 2.24) is 4.90 Å². The number of amides is 1. The monoisotopic (exact) mass is 341 g/mol. The van der Waals surface area contributed by atoms with Crippen molar-refractivity contribution in [3.8, 4) is 5.75 Å². The van der Waals surface area contributed by atoms with Crippen molar-refractivity contribution in [2.75, 3.05) is 20.2 Å². The van der Waals surface area contributed by atoms with Gasteiger partial charge in [-0.2, -0.15) is 0 Å². The Balaban J connectivity index is 1.67. The van der Waals surface area contributed by atoms with Gasteiger partial charge < -0.3 is 9.64 Å². The summed E-state index contributed by atoms with van der Waals surface area (Å²) in [5, 5.41) is 0. The molecule has 4 heteroatoms. The van der Waals surface area contributed by atoms with Gasteiger partial charge in [0, 0.05) is 19.0 Å². The van der Waals surface area contributed by atoms with Crippen molar-refractivity contribution < 1.29 is 13.9 Å². The minimum absolute atomic E-state index is 0.118. The summed E-state index contributed by atoms with van der Waals surface area (Å²) in [6.07, 6.45) is 3.57. The number of methoxy groups -OCH3 is 1. The number of carbonyl (C=O) groups is 1. The van der Waals surface area contributed by atoms with E-state index in [0.717, 1.165) is 43.7 Å². The lowest BCUT2D eigenvalue weighted by atomic mass is 9.94. The first kappa shape index (κ1) is 17.5. The van der Waals surface area contributed by atoms with Gasteiger partial charge in [0.25, 0.3) is 0 Å². The molecule has 1 fully saturated rings. The Bertz CT molecular complexity index is 697. The van der Waals surface area contributed by atoms with Crippen LogP contribution in [-0.4, -0.2) is 31.0 Å². The van der Waals surface area contributed by atoms with Gasteiger partial charge in [-0.3, -0.25) is 4.79 Å². The van der Waals surface area contributed by atoms with Gasteiger partial charge in [-0.25, -0.2) is 4.39 Å². The van der Waals surface area contributed by atoms with Crippen molar-refractivity contribution in [3.05, 3.63) is 65.5 Å². The van der Waals surface area contributed by atoms with Crippen molar-refractivity contribution in [1.29, 1.82) is 0 Å². The third-order valence-electron chi connectivity index (χ3n) is 4.88. The highest BCUT2D eigenvalue weighted by Gasteiger charge is 2.23. The number of rotatable bonds is 4. The Hall–Kier alpha value is -2.36. The molecular formula is C21H24FNO2. The normalized spacial score (nSPS) is 17.8. The Labute approximate surface area is 148 Å². The molecule has 25 heavy (non-hydrogen) atoms. The minimum atomic E-state index is -0.273. The highest BCUT2D eigenvalue weighted by atomic mass is 19.1. The SMILES string of the molecule is COc1ccc(C2CCCCN(C(=O)Cc3ccc(F)cc3)C2)cc1. The lowest BCUT2D eigenvalue weighted by Crippen LogP contribution is -2.35. The predicted octanol–water partition coefficient (Wildman–Crippen LogP) is 4.17. The molecule has 0 saturated carbocycles. The summed E-state index contributed by atoms with van der Waals surface area (Å²) in [6.45, 7) is 1.54. The Morgan fingerprint density at radius 3 is 2.52 bits per heavy atom. The van der Waals surface area contributed by atoms with Gasteiger partial charge in [-0.1, -0.05) is 30.7 Å². The van der Waals surface area contributed by atoms with E-state index in [-0.39, 0.29) is 11.7 Å². The molecule has 1 aliphatic heterocycles. The van der Waals surface area contributed by atoms with Crippen molar-refractivity contribution in [2.24, 2.45) is 0 Å². The number of nitrogens with zero attached hydrogens (tertiary/aromatic N) is 1. The van der Waals surface area contributed by atoms with E-state index in [0.29, 0.717) is 12.3 Å². The quantitative estimate of drug-likeness (QED) is 0.835. The van der Waals surface area contributed by atoms with Crippen LogP contribution in [-0.2, 0) is 11.2 Å². The summed E-state index contributed by atoms with van der Waals surface area (Å²) >= 11 is 0. The number of carbonyl (C=O) groups excluding carboxylic acids is 1. The van der Waals surface area contributed by atoms with Crippen LogP contribution in [0.15, 0.2) is 48.5 Å². The van der Waals surface area contributed by atoms with Crippen LogP contribution in [0.1, 0.15) is 36.3 Å². The molecule has 1 heterocycles. The van der Waals surface area contributed by atoms with E-state index in [4.69, 9.17) is 4.74 Å². The number of hydrogen-bond acceptors (Lipinski definition) is 2. The summed E-state index contributed by atoms with van der Waals surface area (Å²) < 4.78 is 18.2. The molecule has 1 saturated heterocycles. The van der Waals surface area contributed by atoms with E-state index in [1.54, 1.807) is 19.2 Å². The second-order valence-electron chi connectivity index (χ2n) is 6.61. The van der Waals surface area contributed by atoms with Crippen LogP contribution in [0.4, 0.5) is 4.39 Å². The molecule has 1 atom stereocenters. The molecule has 132 valence electrons. The molecule has 0 bridgehead atoms. The molecule has 1 aliphatic rings. The van der Waals surface area contributed by atoms with Crippen molar-refractivity contribution in [2.45, 2.75) is 31.6 Å². The van der Waals surface area contributed by atoms with Crippen LogP contribution in [0.25, 0.3) is 0 Å². The molecule has 0 spiro atoms. The van der Waals surface area contributed by atoms with Gasteiger partial charge in [-0.05, 0) is 48.2 Å². The zero-order chi connectivity index (χ0) is 17.6. The van der Waals surface area contributed by atoms with Gasteiger partial charge in [-0.15, -0.1) is 0 Å². The maximum Gasteiger partial charge on any atom is 0.227 e. The Morgan fingerprint density at radius 1 is 1.12 bits per heavy atom. The topological polar surface area (TPSA) is 29.5 Å². The maximum atomic E-state index is 13.0. The highest BCUT2D eigenvalue weighted by molar-refractivity contribution is 5.78. The van der Waals surface area contributed by atoms with Crippen LogP contribution >= 0.6 is 0 Å². The molecule has 2 aromatic rings. The number of halogens is 1. The van der Waals surface area contributed by atoms with Crippen LogP contribution < -0.4 is 4.74 Å².